The third kappa shape index (κ3) is 2.68. The molecule has 0 aromatic carbocycles. The van der Waals surface area contributed by atoms with Gasteiger partial charge in [0, 0.05) is 19.2 Å². The van der Waals surface area contributed by atoms with Crippen LogP contribution in [0.2, 0.25) is 0 Å². The quantitative estimate of drug-likeness (QED) is 0.768. The lowest BCUT2D eigenvalue weighted by atomic mass is 9.85. The van der Waals surface area contributed by atoms with Crippen LogP contribution in [-0.2, 0) is 14.3 Å². The number of nitrogens with zero attached hydrogens (tertiary/aromatic N) is 1. The van der Waals surface area contributed by atoms with Gasteiger partial charge >= 0.3 is 5.97 Å². The van der Waals surface area contributed by atoms with Gasteiger partial charge in [-0.15, -0.1) is 0 Å². The van der Waals surface area contributed by atoms with Crippen molar-refractivity contribution < 1.29 is 19.4 Å². The van der Waals surface area contributed by atoms with Crippen LogP contribution in [0.1, 0.15) is 26.2 Å². The summed E-state index contributed by atoms with van der Waals surface area (Å²) in [7, 11) is 1.74. The number of methoxy groups -OCH3 is 1. The van der Waals surface area contributed by atoms with E-state index in [0.717, 1.165) is 25.8 Å². The third-order valence-electron chi connectivity index (χ3n) is 4.15. The lowest BCUT2D eigenvalue weighted by Gasteiger charge is -2.45. The zero-order valence-corrected chi connectivity index (χ0v) is 11.2. The van der Waals surface area contributed by atoms with Gasteiger partial charge in [-0.3, -0.25) is 9.69 Å². The monoisotopic (exact) mass is 257 g/mol. The summed E-state index contributed by atoms with van der Waals surface area (Å²) in [4.78, 5) is 13.6. The molecule has 104 valence electrons. The molecule has 2 atom stereocenters. The SMILES string of the molecule is CCCN(C1CC(OC)C1)C1COCC1C(=O)O. The van der Waals surface area contributed by atoms with E-state index in [1.807, 2.05) is 0 Å². The molecule has 2 aliphatic rings. The van der Waals surface area contributed by atoms with E-state index in [-0.39, 0.29) is 12.0 Å². The van der Waals surface area contributed by atoms with Crippen LogP contribution in [0.25, 0.3) is 0 Å². The van der Waals surface area contributed by atoms with Gasteiger partial charge in [0.05, 0.1) is 25.2 Å². The van der Waals surface area contributed by atoms with Crippen molar-refractivity contribution in [2.24, 2.45) is 5.92 Å². The Morgan fingerprint density at radius 1 is 1.44 bits per heavy atom. The molecule has 0 spiro atoms. The van der Waals surface area contributed by atoms with Gasteiger partial charge in [-0.1, -0.05) is 6.92 Å². The Hall–Kier alpha value is -0.650. The van der Waals surface area contributed by atoms with E-state index in [4.69, 9.17) is 9.47 Å². The van der Waals surface area contributed by atoms with Gasteiger partial charge in [0.15, 0.2) is 0 Å². The number of rotatable bonds is 6. The molecule has 0 amide bonds. The molecule has 1 aliphatic carbocycles. The number of hydrogen-bond donors (Lipinski definition) is 1. The molecule has 18 heavy (non-hydrogen) atoms. The predicted octanol–water partition coefficient (Wildman–Crippen LogP) is 0.975. The molecule has 1 N–H and O–H groups in total. The first-order valence-corrected chi connectivity index (χ1v) is 6.76. The second-order valence-electron chi connectivity index (χ2n) is 5.27. The van der Waals surface area contributed by atoms with E-state index >= 15 is 0 Å². The molecule has 1 saturated heterocycles. The molecule has 0 aromatic heterocycles. The Kier molecular flexibility index (Phi) is 4.59. The van der Waals surface area contributed by atoms with Gasteiger partial charge < -0.3 is 14.6 Å². The minimum Gasteiger partial charge on any atom is -0.481 e. The third-order valence-corrected chi connectivity index (χ3v) is 4.15. The molecule has 2 rings (SSSR count). The van der Waals surface area contributed by atoms with Crippen molar-refractivity contribution in [1.82, 2.24) is 4.90 Å². The van der Waals surface area contributed by atoms with Crippen LogP contribution < -0.4 is 0 Å². The van der Waals surface area contributed by atoms with Gasteiger partial charge in [-0.2, -0.15) is 0 Å². The summed E-state index contributed by atoms with van der Waals surface area (Å²) in [5.74, 6) is -1.11. The minimum atomic E-state index is -0.735. The summed E-state index contributed by atoms with van der Waals surface area (Å²) in [6, 6.07) is 0.494. The van der Waals surface area contributed by atoms with Crippen molar-refractivity contribution in [3.05, 3.63) is 0 Å². The van der Waals surface area contributed by atoms with Crippen LogP contribution in [0, 0.1) is 5.92 Å². The average Bonchev–Trinajstić information content (AvgIpc) is 2.75. The molecule has 1 saturated carbocycles. The van der Waals surface area contributed by atoms with E-state index in [1.54, 1.807) is 7.11 Å². The van der Waals surface area contributed by atoms with E-state index < -0.39 is 5.97 Å². The fourth-order valence-corrected chi connectivity index (χ4v) is 2.98. The Balaban J connectivity index is 1.98. The van der Waals surface area contributed by atoms with E-state index in [9.17, 15) is 9.90 Å². The second kappa shape index (κ2) is 5.99. The summed E-state index contributed by atoms with van der Waals surface area (Å²) < 4.78 is 10.7. The Morgan fingerprint density at radius 3 is 2.72 bits per heavy atom. The molecule has 2 unspecified atom stereocenters. The smallest absolute Gasteiger partial charge is 0.310 e. The molecule has 1 aliphatic heterocycles. The van der Waals surface area contributed by atoms with E-state index in [2.05, 4.69) is 11.8 Å². The number of carboxylic acid groups (broad SMARTS) is 1. The van der Waals surface area contributed by atoms with E-state index in [0.29, 0.717) is 25.4 Å². The average molecular weight is 257 g/mol. The topological polar surface area (TPSA) is 59.0 Å². The fourth-order valence-electron chi connectivity index (χ4n) is 2.98. The number of carboxylic acids is 1. The van der Waals surface area contributed by atoms with Crippen LogP contribution in [0.3, 0.4) is 0 Å². The van der Waals surface area contributed by atoms with Gasteiger partial charge in [0.1, 0.15) is 0 Å². The second-order valence-corrected chi connectivity index (χ2v) is 5.27. The first kappa shape index (κ1) is 13.8. The Labute approximate surface area is 108 Å². The maximum Gasteiger partial charge on any atom is 0.310 e. The highest BCUT2D eigenvalue weighted by atomic mass is 16.5. The fraction of sp³-hybridized carbons (Fsp3) is 0.923. The number of aliphatic carboxylic acids is 1. The van der Waals surface area contributed by atoms with Crippen molar-refractivity contribution in [2.75, 3.05) is 26.9 Å². The maximum atomic E-state index is 11.2. The van der Waals surface area contributed by atoms with Crippen LogP contribution >= 0.6 is 0 Å². The molecule has 5 heteroatoms. The zero-order chi connectivity index (χ0) is 13.1. The van der Waals surface area contributed by atoms with Gasteiger partial charge in [-0.25, -0.2) is 0 Å². The summed E-state index contributed by atoms with van der Waals surface area (Å²) in [6.45, 7) is 3.97. The normalized spacial score (nSPS) is 35.7. The van der Waals surface area contributed by atoms with Gasteiger partial charge in [0.2, 0.25) is 0 Å². The highest BCUT2D eigenvalue weighted by molar-refractivity contribution is 5.71. The van der Waals surface area contributed by atoms with Gasteiger partial charge in [-0.05, 0) is 25.8 Å². The van der Waals surface area contributed by atoms with E-state index in [1.165, 1.54) is 0 Å². The lowest BCUT2D eigenvalue weighted by Crippen LogP contribution is -2.55. The standard InChI is InChI=1S/C13H23NO4/c1-3-4-14(9-5-10(6-9)17-2)12-8-18-7-11(12)13(15)16/h9-12H,3-8H2,1-2H3,(H,15,16). The van der Waals surface area contributed by atoms with Crippen LogP contribution in [0.5, 0.6) is 0 Å². The molecule has 0 aromatic rings. The Bertz CT molecular complexity index is 291. The molecule has 5 nitrogen and oxygen atoms in total. The largest absolute Gasteiger partial charge is 0.481 e. The maximum absolute atomic E-state index is 11.2. The highest BCUT2D eigenvalue weighted by Gasteiger charge is 2.43. The zero-order valence-electron chi connectivity index (χ0n) is 11.2. The van der Waals surface area contributed by atoms with Crippen molar-refractivity contribution >= 4 is 5.97 Å². The van der Waals surface area contributed by atoms with Crippen LogP contribution in [0.15, 0.2) is 0 Å². The summed E-state index contributed by atoms with van der Waals surface area (Å²) in [5, 5.41) is 9.24. The van der Waals surface area contributed by atoms with Crippen molar-refractivity contribution in [1.29, 1.82) is 0 Å². The van der Waals surface area contributed by atoms with Crippen LogP contribution in [0.4, 0.5) is 0 Å². The Morgan fingerprint density at radius 2 is 2.17 bits per heavy atom. The van der Waals surface area contributed by atoms with Crippen molar-refractivity contribution in [2.45, 2.75) is 44.4 Å². The molecule has 0 radical (unpaired) electrons. The van der Waals surface area contributed by atoms with Gasteiger partial charge in [0.25, 0.3) is 0 Å². The lowest BCUT2D eigenvalue weighted by molar-refractivity contribution is -0.144. The predicted molar refractivity (Wildman–Crippen MR) is 66.5 cm³/mol. The summed E-state index contributed by atoms with van der Waals surface area (Å²) >= 11 is 0. The number of ether oxygens (including phenoxy) is 2. The molecule has 2 fully saturated rings. The summed E-state index contributed by atoms with van der Waals surface area (Å²) in [5.41, 5.74) is 0. The highest BCUT2D eigenvalue weighted by Crippen LogP contribution is 2.32. The summed E-state index contributed by atoms with van der Waals surface area (Å²) in [6.07, 6.45) is 3.41. The first-order valence-electron chi connectivity index (χ1n) is 6.76. The number of carbonyl (C=O) groups is 1. The molecular formula is C13H23NO4. The molecular weight excluding hydrogens is 234 g/mol. The minimum absolute atomic E-state index is 0.0326. The first-order chi connectivity index (χ1) is 8.67. The van der Waals surface area contributed by atoms with Crippen LogP contribution in [-0.4, -0.2) is 61.0 Å². The molecule has 0 bridgehead atoms. The van der Waals surface area contributed by atoms with Crippen molar-refractivity contribution in [3.63, 3.8) is 0 Å². The van der Waals surface area contributed by atoms with Crippen molar-refractivity contribution in [3.8, 4) is 0 Å². The number of hydrogen-bond acceptors (Lipinski definition) is 4. The molecule has 1 heterocycles.